The second-order valence-electron chi connectivity index (χ2n) is 3.75. The summed E-state index contributed by atoms with van der Waals surface area (Å²) in [6.45, 7) is 5.60. The lowest BCUT2D eigenvalue weighted by Gasteiger charge is -2.22. The summed E-state index contributed by atoms with van der Waals surface area (Å²) in [5, 5.41) is 0. The molecule has 1 aliphatic rings. The SMILES string of the molecule is CC(C)C1CC(N)CN1C. The van der Waals surface area contributed by atoms with Crippen molar-refractivity contribution < 1.29 is 0 Å². The van der Waals surface area contributed by atoms with Gasteiger partial charge in [-0.05, 0) is 19.4 Å². The van der Waals surface area contributed by atoms with Gasteiger partial charge in [0.15, 0.2) is 0 Å². The van der Waals surface area contributed by atoms with Crippen molar-refractivity contribution in [2.75, 3.05) is 13.6 Å². The van der Waals surface area contributed by atoms with Crippen molar-refractivity contribution in [1.82, 2.24) is 4.90 Å². The Bertz CT molecular complexity index is 112. The van der Waals surface area contributed by atoms with E-state index in [2.05, 4.69) is 25.8 Å². The van der Waals surface area contributed by atoms with Gasteiger partial charge in [0.05, 0.1) is 0 Å². The van der Waals surface area contributed by atoms with Gasteiger partial charge in [0.2, 0.25) is 0 Å². The van der Waals surface area contributed by atoms with Gasteiger partial charge in [0, 0.05) is 18.6 Å². The Labute approximate surface area is 63.4 Å². The summed E-state index contributed by atoms with van der Waals surface area (Å²) >= 11 is 0. The molecule has 1 saturated heterocycles. The van der Waals surface area contributed by atoms with Crippen LogP contribution in [0.5, 0.6) is 0 Å². The fraction of sp³-hybridized carbons (Fsp3) is 1.00. The van der Waals surface area contributed by atoms with E-state index >= 15 is 0 Å². The van der Waals surface area contributed by atoms with Gasteiger partial charge in [-0.3, -0.25) is 0 Å². The first-order valence-electron chi connectivity index (χ1n) is 4.07. The Morgan fingerprint density at radius 3 is 2.30 bits per heavy atom. The van der Waals surface area contributed by atoms with Crippen LogP contribution in [0, 0.1) is 5.92 Å². The minimum absolute atomic E-state index is 0.414. The summed E-state index contributed by atoms with van der Waals surface area (Å²) in [5.74, 6) is 0.749. The maximum Gasteiger partial charge on any atom is 0.0182 e. The third-order valence-corrected chi connectivity index (χ3v) is 2.40. The molecule has 0 saturated carbocycles. The zero-order chi connectivity index (χ0) is 7.72. The zero-order valence-corrected chi connectivity index (χ0v) is 7.17. The third kappa shape index (κ3) is 1.50. The molecule has 1 rings (SSSR count). The van der Waals surface area contributed by atoms with Crippen molar-refractivity contribution >= 4 is 0 Å². The first-order chi connectivity index (χ1) is 4.61. The van der Waals surface area contributed by atoms with Crippen LogP contribution in [0.1, 0.15) is 20.3 Å². The average Bonchev–Trinajstić information content (AvgIpc) is 2.10. The molecule has 0 aromatic heterocycles. The monoisotopic (exact) mass is 142 g/mol. The molecule has 0 aliphatic carbocycles. The van der Waals surface area contributed by atoms with Crippen LogP contribution in [0.2, 0.25) is 0 Å². The van der Waals surface area contributed by atoms with Gasteiger partial charge in [-0.25, -0.2) is 0 Å². The van der Waals surface area contributed by atoms with Crippen molar-refractivity contribution in [3.8, 4) is 0 Å². The van der Waals surface area contributed by atoms with E-state index in [1.165, 1.54) is 6.42 Å². The van der Waals surface area contributed by atoms with E-state index in [-0.39, 0.29) is 0 Å². The molecule has 0 radical (unpaired) electrons. The summed E-state index contributed by atoms with van der Waals surface area (Å²) < 4.78 is 0. The van der Waals surface area contributed by atoms with Crippen LogP contribution in [-0.2, 0) is 0 Å². The van der Waals surface area contributed by atoms with E-state index in [0.717, 1.165) is 18.5 Å². The second kappa shape index (κ2) is 2.89. The number of nitrogens with two attached hydrogens (primary N) is 1. The molecule has 2 nitrogen and oxygen atoms in total. The molecular weight excluding hydrogens is 124 g/mol. The molecule has 60 valence electrons. The van der Waals surface area contributed by atoms with Gasteiger partial charge < -0.3 is 10.6 Å². The highest BCUT2D eigenvalue weighted by Gasteiger charge is 2.28. The lowest BCUT2D eigenvalue weighted by molar-refractivity contribution is 0.250. The van der Waals surface area contributed by atoms with E-state index in [1.807, 2.05) is 0 Å². The van der Waals surface area contributed by atoms with Crippen LogP contribution in [-0.4, -0.2) is 30.6 Å². The first kappa shape index (κ1) is 8.02. The first-order valence-corrected chi connectivity index (χ1v) is 4.07. The molecule has 1 heterocycles. The quantitative estimate of drug-likeness (QED) is 0.583. The van der Waals surface area contributed by atoms with Crippen LogP contribution in [0.15, 0.2) is 0 Å². The van der Waals surface area contributed by atoms with E-state index in [4.69, 9.17) is 5.73 Å². The van der Waals surface area contributed by atoms with Gasteiger partial charge in [-0.1, -0.05) is 13.8 Å². The highest BCUT2D eigenvalue weighted by molar-refractivity contribution is 4.86. The van der Waals surface area contributed by atoms with Gasteiger partial charge in [0.25, 0.3) is 0 Å². The Balaban J connectivity index is 2.46. The molecule has 0 amide bonds. The number of likely N-dealkylation sites (N-methyl/N-ethyl adjacent to an activating group) is 1. The Morgan fingerprint density at radius 1 is 1.50 bits per heavy atom. The highest BCUT2D eigenvalue weighted by atomic mass is 15.2. The Kier molecular flexibility index (Phi) is 2.32. The maximum absolute atomic E-state index is 5.81. The molecule has 2 atom stereocenters. The topological polar surface area (TPSA) is 29.3 Å². The lowest BCUT2D eigenvalue weighted by atomic mass is 10.0. The van der Waals surface area contributed by atoms with Crippen molar-refractivity contribution in [2.45, 2.75) is 32.4 Å². The minimum Gasteiger partial charge on any atom is -0.326 e. The van der Waals surface area contributed by atoms with Gasteiger partial charge in [0.1, 0.15) is 0 Å². The van der Waals surface area contributed by atoms with Gasteiger partial charge >= 0.3 is 0 Å². The summed E-state index contributed by atoms with van der Waals surface area (Å²) in [7, 11) is 2.16. The molecule has 0 aromatic rings. The van der Waals surface area contributed by atoms with Crippen molar-refractivity contribution in [1.29, 1.82) is 0 Å². The molecule has 10 heavy (non-hydrogen) atoms. The van der Waals surface area contributed by atoms with Gasteiger partial charge in [-0.15, -0.1) is 0 Å². The van der Waals surface area contributed by atoms with E-state index in [1.54, 1.807) is 0 Å². The van der Waals surface area contributed by atoms with Crippen LogP contribution in [0.3, 0.4) is 0 Å². The standard InChI is InChI=1S/C8H18N2/c1-6(2)8-4-7(9)5-10(8)3/h6-8H,4-5,9H2,1-3H3. The summed E-state index contributed by atoms with van der Waals surface area (Å²) in [6.07, 6.45) is 1.17. The maximum atomic E-state index is 5.81. The summed E-state index contributed by atoms with van der Waals surface area (Å²) in [6, 6.07) is 1.13. The molecule has 2 N–H and O–H groups in total. The van der Waals surface area contributed by atoms with Gasteiger partial charge in [-0.2, -0.15) is 0 Å². The Hall–Kier alpha value is -0.0800. The van der Waals surface area contributed by atoms with Crippen molar-refractivity contribution in [3.05, 3.63) is 0 Å². The van der Waals surface area contributed by atoms with E-state index < -0.39 is 0 Å². The molecule has 0 aromatic carbocycles. The fourth-order valence-electron chi connectivity index (χ4n) is 1.85. The van der Waals surface area contributed by atoms with Crippen molar-refractivity contribution in [2.24, 2.45) is 11.7 Å². The van der Waals surface area contributed by atoms with Crippen LogP contribution in [0.4, 0.5) is 0 Å². The normalized spacial score (nSPS) is 35.7. The minimum atomic E-state index is 0.414. The van der Waals surface area contributed by atoms with E-state index in [9.17, 15) is 0 Å². The number of likely N-dealkylation sites (tertiary alicyclic amines) is 1. The molecule has 0 bridgehead atoms. The van der Waals surface area contributed by atoms with Crippen LogP contribution < -0.4 is 5.73 Å². The smallest absolute Gasteiger partial charge is 0.0182 e. The number of hydrogen-bond donors (Lipinski definition) is 1. The zero-order valence-electron chi connectivity index (χ0n) is 7.17. The molecule has 1 fully saturated rings. The lowest BCUT2D eigenvalue weighted by Crippen LogP contribution is -2.29. The third-order valence-electron chi connectivity index (χ3n) is 2.40. The molecular formula is C8H18N2. The van der Waals surface area contributed by atoms with Crippen LogP contribution in [0.25, 0.3) is 0 Å². The molecule has 2 heteroatoms. The molecule has 0 spiro atoms. The van der Waals surface area contributed by atoms with Crippen molar-refractivity contribution in [3.63, 3.8) is 0 Å². The highest BCUT2D eigenvalue weighted by Crippen LogP contribution is 2.20. The number of rotatable bonds is 1. The predicted octanol–water partition coefficient (Wildman–Crippen LogP) is 0.674. The van der Waals surface area contributed by atoms with E-state index in [0.29, 0.717) is 6.04 Å². The number of hydrogen-bond acceptors (Lipinski definition) is 2. The van der Waals surface area contributed by atoms with Crippen LogP contribution >= 0.6 is 0 Å². The fourth-order valence-corrected chi connectivity index (χ4v) is 1.85. The predicted molar refractivity (Wildman–Crippen MR) is 43.8 cm³/mol. The summed E-state index contributed by atoms with van der Waals surface area (Å²) in [4.78, 5) is 2.37. The average molecular weight is 142 g/mol. The second-order valence-corrected chi connectivity index (χ2v) is 3.75. The largest absolute Gasteiger partial charge is 0.326 e. The summed E-state index contributed by atoms with van der Waals surface area (Å²) in [5.41, 5.74) is 5.81. The molecule has 1 aliphatic heterocycles. The Morgan fingerprint density at radius 2 is 2.10 bits per heavy atom. The number of nitrogens with zero attached hydrogens (tertiary/aromatic N) is 1. The molecule has 2 unspecified atom stereocenters.